The monoisotopic (exact) mass is 278 g/mol. The zero-order valence-electron chi connectivity index (χ0n) is 12.1. The third-order valence-corrected chi connectivity index (χ3v) is 2.46. The third kappa shape index (κ3) is 5.71. The summed E-state index contributed by atoms with van der Waals surface area (Å²) in [5, 5.41) is 17.5. The van der Waals surface area contributed by atoms with Gasteiger partial charge >= 0.3 is 0 Å². The predicted molar refractivity (Wildman–Crippen MR) is 78.6 cm³/mol. The fraction of sp³-hybridized carbons (Fsp3) is 0.429. The van der Waals surface area contributed by atoms with Crippen LogP contribution < -0.4 is 16.4 Å². The second kappa shape index (κ2) is 6.91. The molecule has 20 heavy (non-hydrogen) atoms. The Hall–Kier alpha value is -2.08. The summed E-state index contributed by atoms with van der Waals surface area (Å²) in [5.41, 5.74) is 6.89. The molecule has 6 nitrogen and oxygen atoms in total. The van der Waals surface area contributed by atoms with Crippen molar-refractivity contribution in [2.75, 3.05) is 6.54 Å². The smallest absolute Gasteiger partial charge is 0.234 e. The third-order valence-electron chi connectivity index (χ3n) is 2.46. The fourth-order valence-corrected chi connectivity index (χ4v) is 1.68. The first kappa shape index (κ1) is 16.0. The Kier molecular flexibility index (Phi) is 5.52. The largest absolute Gasteiger partial charge is 0.409 e. The zero-order chi connectivity index (χ0) is 15.2. The molecule has 0 aliphatic heterocycles. The van der Waals surface area contributed by atoms with E-state index in [0.29, 0.717) is 12.1 Å². The molecule has 1 rings (SSSR count). The highest BCUT2D eigenvalue weighted by atomic mass is 16.4. The molecule has 0 fully saturated rings. The van der Waals surface area contributed by atoms with Gasteiger partial charge in [0, 0.05) is 17.6 Å². The van der Waals surface area contributed by atoms with E-state index in [1.54, 1.807) is 6.07 Å². The number of carbonyl (C=O) groups is 1. The normalized spacial score (nSPS) is 12.2. The van der Waals surface area contributed by atoms with Crippen molar-refractivity contribution in [2.45, 2.75) is 32.9 Å². The Bertz CT molecular complexity index is 492. The molecule has 5 N–H and O–H groups in total. The average Bonchev–Trinajstić information content (AvgIpc) is 2.36. The minimum Gasteiger partial charge on any atom is -0.409 e. The topological polar surface area (TPSA) is 99.7 Å². The van der Waals surface area contributed by atoms with E-state index in [1.807, 2.05) is 39.0 Å². The van der Waals surface area contributed by atoms with Crippen molar-refractivity contribution in [1.29, 1.82) is 0 Å². The maximum Gasteiger partial charge on any atom is 0.234 e. The van der Waals surface area contributed by atoms with Gasteiger partial charge in [-0.25, -0.2) is 0 Å². The molecule has 0 bridgehead atoms. The van der Waals surface area contributed by atoms with E-state index in [0.717, 1.165) is 5.56 Å². The minimum absolute atomic E-state index is 0.0508. The summed E-state index contributed by atoms with van der Waals surface area (Å²) in [4.78, 5) is 11.6. The van der Waals surface area contributed by atoms with Crippen LogP contribution in [0.4, 0.5) is 0 Å². The van der Waals surface area contributed by atoms with Crippen molar-refractivity contribution in [3.05, 3.63) is 35.4 Å². The molecule has 0 radical (unpaired) electrons. The number of amides is 1. The number of nitrogens with two attached hydrogens (primary N) is 1. The standard InChI is InChI=1S/C14H22N4O2/c1-14(2,3)17-12(19)9-16-8-10-5-4-6-11(7-10)13(15)18-20/h4-7,16,20H,8-9H2,1-3H3,(H2,15,18)(H,17,19). The lowest BCUT2D eigenvalue weighted by molar-refractivity contribution is -0.121. The van der Waals surface area contributed by atoms with Crippen molar-refractivity contribution in [2.24, 2.45) is 10.9 Å². The van der Waals surface area contributed by atoms with Gasteiger partial charge in [-0.2, -0.15) is 0 Å². The Balaban J connectivity index is 2.49. The van der Waals surface area contributed by atoms with Crippen LogP contribution in [-0.2, 0) is 11.3 Å². The number of carbonyl (C=O) groups excluding carboxylic acids is 1. The molecule has 0 spiro atoms. The maximum atomic E-state index is 11.6. The van der Waals surface area contributed by atoms with E-state index < -0.39 is 0 Å². The molecule has 0 aliphatic rings. The first-order valence-electron chi connectivity index (χ1n) is 6.40. The second-order valence-electron chi connectivity index (χ2n) is 5.59. The van der Waals surface area contributed by atoms with Gasteiger partial charge in [-0.05, 0) is 32.4 Å². The molecule has 1 aromatic rings. The predicted octanol–water partition coefficient (Wildman–Crippen LogP) is 0.785. The Morgan fingerprint density at radius 2 is 2.10 bits per heavy atom. The average molecular weight is 278 g/mol. The van der Waals surface area contributed by atoms with Crippen LogP contribution in [-0.4, -0.2) is 29.0 Å². The van der Waals surface area contributed by atoms with Crippen LogP contribution in [0.2, 0.25) is 0 Å². The van der Waals surface area contributed by atoms with Crippen molar-refractivity contribution in [3.63, 3.8) is 0 Å². The minimum atomic E-state index is -0.231. The van der Waals surface area contributed by atoms with E-state index in [1.165, 1.54) is 0 Å². The molecule has 0 saturated heterocycles. The molecule has 0 saturated carbocycles. The molecule has 0 aromatic heterocycles. The van der Waals surface area contributed by atoms with Crippen molar-refractivity contribution in [1.82, 2.24) is 10.6 Å². The van der Waals surface area contributed by atoms with Gasteiger partial charge in [-0.1, -0.05) is 23.4 Å². The molecular weight excluding hydrogens is 256 g/mol. The first-order valence-corrected chi connectivity index (χ1v) is 6.40. The van der Waals surface area contributed by atoms with Gasteiger partial charge in [0.15, 0.2) is 5.84 Å². The highest BCUT2D eigenvalue weighted by molar-refractivity contribution is 5.97. The maximum absolute atomic E-state index is 11.6. The van der Waals surface area contributed by atoms with Crippen LogP contribution in [0.25, 0.3) is 0 Å². The van der Waals surface area contributed by atoms with Crippen LogP contribution >= 0.6 is 0 Å². The molecule has 0 aliphatic carbocycles. The van der Waals surface area contributed by atoms with Gasteiger partial charge in [0.1, 0.15) is 0 Å². The number of amidine groups is 1. The molecule has 1 amide bonds. The summed E-state index contributed by atoms with van der Waals surface area (Å²) in [6.07, 6.45) is 0. The quantitative estimate of drug-likeness (QED) is 0.277. The number of hydrogen-bond donors (Lipinski definition) is 4. The molecule has 0 atom stereocenters. The fourth-order valence-electron chi connectivity index (χ4n) is 1.68. The van der Waals surface area contributed by atoms with E-state index >= 15 is 0 Å². The zero-order valence-corrected chi connectivity index (χ0v) is 12.1. The lowest BCUT2D eigenvalue weighted by atomic mass is 10.1. The number of hydrogen-bond acceptors (Lipinski definition) is 4. The van der Waals surface area contributed by atoms with Crippen LogP contribution in [0.5, 0.6) is 0 Å². The van der Waals surface area contributed by atoms with Gasteiger partial charge in [-0.3, -0.25) is 4.79 Å². The molecule has 110 valence electrons. The summed E-state index contributed by atoms with van der Waals surface area (Å²) in [7, 11) is 0. The van der Waals surface area contributed by atoms with Gasteiger partial charge in [0.2, 0.25) is 5.91 Å². The molecule has 0 unspecified atom stereocenters. The number of nitrogens with zero attached hydrogens (tertiary/aromatic N) is 1. The van der Waals surface area contributed by atoms with E-state index in [2.05, 4.69) is 15.8 Å². The van der Waals surface area contributed by atoms with Crippen LogP contribution in [0.1, 0.15) is 31.9 Å². The van der Waals surface area contributed by atoms with Crippen LogP contribution in [0, 0.1) is 0 Å². The second-order valence-corrected chi connectivity index (χ2v) is 5.59. The highest BCUT2D eigenvalue weighted by Gasteiger charge is 2.12. The van der Waals surface area contributed by atoms with Crippen molar-refractivity contribution < 1.29 is 10.0 Å². The summed E-state index contributed by atoms with van der Waals surface area (Å²) < 4.78 is 0. The van der Waals surface area contributed by atoms with Gasteiger partial charge in [0.05, 0.1) is 6.54 Å². The lowest BCUT2D eigenvalue weighted by Gasteiger charge is -2.20. The molecule has 6 heteroatoms. The Morgan fingerprint density at radius 3 is 2.70 bits per heavy atom. The summed E-state index contributed by atoms with van der Waals surface area (Å²) in [6, 6.07) is 7.29. The van der Waals surface area contributed by atoms with Crippen LogP contribution in [0.15, 0.2) is 29.4 Å². The number of nitrogens with one attached hydrogen (secondary N) is 2. The summed E-state index contributed by atoms with van der Waals surface area (Å²) >= 11 is 0. The van der Waals surface area contributed by atoms with Crippen LogP contribution in [0.3, 0.4) is 0 Å². The summed E-state index contributed by atoms with van der Waals surface area (Å²) in [6.45, 7) is 6.58. The number of benzene rings is 1. The van der Waals surface area contributed by atoms with Gasteiger partial charge in [-0.15, -0.1) is 0 Å². The summed E-state index contributed by atoms with van der Waals surface area (Å²) in [5.74, 6) is 0.0161. The highest BCUT2D eigenvalue weighted by Crippen LogP contribution is 2.05. The van der Waals surface area contributed by atoms with E-state index in [9.17, 15) is 4.79 Å². The van der Waals surface area contributed by atoms with E-state index in [4.69, 9.17) is 10.9 Å². The molecule has 1 aromatic carbocycles. The van der Waals surface area contributed by atoms with Gasteiger partial charge in [0.25, 0.3) is 0 Å². The van der Waals surface area contributed by atoms with Gasteiger partial charge < -0.3 is 21.6 Å². The first-order chi connectivity index (χ1) is 9.31. The molecule has 0 heterocycles. The van der Waals surface area contributed by atoms with E-state index in [-0.39, 0.29) is 23.8 Å². The SMILES string of the molecule is CC(C)(C)NC(=O)CNCc1cccc(/C(N)=N/O)c1. The molecular formula is C14H22N4O2. The Morgan fingerprint density at radius 1 is 1.40 bits per heavy atom. The number of oxime groups is 1. The number of rotatable bonds is 5. The lowest BCUT2D eigenvalue weighted by Crippen LogP contribution is -2.44. The van der Waals surface area contributed by atoms with Crippen molar-refractivity contribution in [3.8, 4) is 0 Å². The Labute approximate surface area is 119 Å². The van der Waals surface area contributed by atoms with Crippen molar-refractivity contribution >= 4 is 11.7 Å².